The first kappa shape index (κ1) is 29.2. The first-order valence-corrected chi connectivity index (χ1v) is 12.3. The van der Waals surface area contributed by atoms with Crippen LogP contribution in [0.25, 0.3) is 11.4 Å². The SMILES string of the molecule is CC(C)(C)c1ccc(-c2nc(NCCOCCOCCN)nc(NCC3CCCCO3)n2)cc1.Cl. The summed E-state index contributed by atoms with van der Waals surface area (Å²) in [7, 11) is 0. The van der Waals surface area contributed by atoms with E-state index in [-0.39, 0.29) is 23.9 Å². The lowest BCUT2D eigenvalue weighted by atomic mass is 9.87. The largest absolute Gasteiger partial charge is 0.378 e. The van der Waals surface area contributed by atoms with Crippen molar-refractivity contribution in [2.75, 3.05) is 63.3 Å². The molecule has 3 rings (SSSR count). The maximum Gasteiger partial charge on any atom is 0.228 e. The van der Waals surface area contributed by atoms with Crippen LogP contribution in [-0.2, 0) is 19.6 Å². The molecule has 1 aromatic heterocycles. The molecule has 10 heteroatoms. The van der Waals surface area contributed by atoms with Crippen molar-refractivity contribution in [3.05, 3.63) is 29.8 Å². The minimum atomic E-state index is 0. The molecule has 0 bridgehead atoms. The predicted octanol–water partition coefficient (Wildman–Crippen LogP) is 3.64. The fraction of sp³-hybridized carbons (Fsp3) is 0.640. The van der Waals surface area contributed by atoms with E-state index in [1.54, 1.807) is 0 Å². The molecule has 0 aliphatic carbocycles. The number of hydrogen-bond donors (Lipinski definition) is 3. The average molecular weight is 509 g/mol. The number of benzene rings is 1. The van der Waals surface area contributed by atoms with Crippen molar-refractivity contribution in [2.45, 2.75) is 51.6 Å². The monoisotopic (exact) mass is 508 g/mol. The number of ether oxygens (including phenoxy) is 3. The summed E-state index contributed by atoms with van der Waals surface area (Å²) in [4.78, 5) is 13.9. The highest BCUT2D eigenvalue weighted by molar-refractivity contribution is 5.85. The van der Waals surface area contributed by atoms with Crippen LogP contribution in [0, 0.1) is 0 Å². The summed E-state index contributed by atoms with van der Waals surface area (Å²) in [6.45, 7) is 11.3. The maximum absolute atomic E-state index is 5.83. The summed E-state index contributed by atoms with van der Waals surface area (Å²) < 4.78 is 16.7. The van der Waals surface area contributed by atoms with Crippen LogP contribution in [0.1, 0.15) is 45.6 Å². The summed E-state index contributed by atoms with van der Waals surface area (Å²) in [6, 6.07) is 8.40. The number of anilines is 2. The number of nitrogens with zero attached hydrogens (tertiary/aromatic N) is 3. The van der Waals surface area contributed by atoms with Gasteiger partial charge in [-0.2, -0.15) is 15.0 Å². The summed E-state index contributed by atoms with van der Waals surface area (Å²) in [5.41, 5.74) is 7.71. The zero-order chi connectivity index (χ0) is 24.2. The van der Waals surface area contributed by atoms with Crippen molar-refractivity contribution in [3.8, 4) is 11.4 Å². The van der Waals surface area contributed by atoms with Crippen LogP contribution in [-0.4, -0.2) is 73.7 Å². The first-order valence-electron chi connectivity index (χ1n) is 12.3. The predicted molar refractivity (Wildman–Crippen MR) is 142 cm³/mol. The van der Waals surface area contributed by atoms with Crippen molar-refractivity contribution in [1.82, 2.24) is 15.0 Å². The molecule has 0 amide bonds. The van der Waals surface area contributed by atoms with Gasteiger partial charge in [0.25, 0.3) is 0 Å². The zero-order valence-corrected chi connectivity index (χ0v) is 22.0. The highest BCUT2D eigenvalue weighted by atomic mass is 35.5. The minimum Gasteiger partial charge on any atom is -0.378 e. The lowest BCUT2D eigenvalue weighted by Gasteiger charge is -2.22. The van der Waals surface area contributed by atoms with Crippen LogP contribution in [0.3, 0.4) is 0 Å². The number of nitrogens with two attached hydrogens (primary N) is 1. The standard InChI is InChI=1S/C25H40N6O3.ClH/c1-25(2,3)20-9-7-19(8-10-20)22-29-23(27-12-15-33-17-16-32-14-11-26)31-24(30-22)28-18-21-6-4-5-13-34-21;/h7-10,21H,4-6,11-18,26H2,1-3H3,(H2,27,28,29,30,31);1H. The lowest BCUT2D eigenvalue weighted by molar-refractivity contribution is 0.0246. The Morgan fingerprint density at radius 2 is 1.63 bits per heavy atom. The van der Waals surface area contributed by atoms with Gasteiger partial charge in [0.05, 0.1) is 32.5 Å². The van der Waals surface area contributed by atoms with Gasteiger partial charge in [-0.3, -0.25) is 0 Å². The molecule has 1 atom stereocenters. The molecule has 0 saturated carbocycles. The van der Waals surface area contributed by atoms with Gasteiger partial charge < -0.3 is 30.6 Å². The third-order valence-electron chi connectivity index (χ3n) is 5.57. The Morgan fingerprint density at radius 1 is 0.943 bits per heavy atom. The van der Waals surface area contributed by atoms with Crippen molar-refractivity contribution >= 4 is 24.3 Å². The highest BCUT2D eigenvalue weighted by Crippen LogP contribution is 2.25. The number of aromatic nitrogens is 3. The molecule has 9 nitrogen and oxygen atoms in total. The Bertz CT molecular complexity index is 857. The summed E-state index contributed by atoms with van der Waals surface area (Å²) in [6.07, 6.45) is 3.56. The fourth-order valence-corrected chi connectivity index (χ4v) is 3.60. The normalized spacial score (nSPS) is 15.9. The molecule has 35 heavy (non-hydrogen) atoms. The smallest absolute Gasteiger partial charge is 0.228 e. The van der Waals surface area contributed by atoms with Crippen LogP contribution < -0.4 is 16.4 Å². The van der Waals surface area contributed by atoms with Gasteiger partial charge in [0.2, 0.25) is 11.9 Å². The Hall–Kier alpha value is -2.04. The second-order valence-electron chi connectivity index (χ2n) is 9.44. The van der Waals surface area contributed by atoms with Crippen molar-refractivity contribution in [2.24, 2.45) is 5.73 Å². The van der Waals surface area contributed by atoms with Crippen molar-refractivity contribution < 1.29 is 14.2 Å². The molecule has 1 aliphatic heterocycles. The van der Waals surface area contributed by atoms with E-state index in [1.165, 1.54) is 12.0 Å². The second-order valence-corrected chi connectivity index (χ2v) is 9.44. The van der Waals surface area contributed by atoms with Crippen LogP contribution in [0.2, 0.25) is 0 Å². The molecule has 4 N–H and O–H groups in total. The van der Waals surface area contributed by atoms with Gasteiger partial charge in [0.15, 0.2) is 5.82 Å². The molecule has 1 aromatic carbocycles. The van der Waals surface area contributed by atoms with Crippen LogP contribution in [0.5, 0.6) is 0 Å². The Morgan fingerprint density at radius 3 is 2.26 bits per heavy atom. The summed E-state index contributed by atoms with van der Waals surface area (Å²) in [5, 5.41) is 6.60. The molecule has 196 valence electrons. The van der Waals surface area contributed by atoms with E-state index >= 15 is 0 Å². The van der Waals surface area contributed by atoms with E-state index in [0.717, 1.165) is 25.0 Å². The fourth-order valence-electron chi connectivity index (χ4n) is 3.60. The summed E-state index contributed by atoms with van der Waals surface area (Å²) >= 11 is 0. The van der Waals surface area contributed by atoms with Crippen LogP contribution in [0.15, 0.2) is 24.3 Å². The molecule has 1 saturated heterocycles. The Labute approximate surface area is 215 Å². The van der Waals surface area contributed by atoms with E-state index in [9.17, 15) is 0 Å². The average Bonchev–Trinajstić information content (AvgIpc) is 2.84. The number of rotatable bonds is 13. The van der Waals surface area contributed by atoms with E-state index in [1.807, 2.05) is 0 Å². The summed E-state index contributed by atoms with van der Waals surface area (Å²) in [5.74, 6) is 1.68. The molecule has 1 aliphatic rings. The molecule has 2 aromatic rings. The molecule has 2 heterocycles. The van der Waals surface area contributed by atoms with E-state index in [0.29, 0.717) is 63.8 Å². The van der Waals surface area contributed by atoms with Gasteiger partial charge in [0.1, 0.15) is 0 Å². The van der Waals surface area contributed by atoms with Gasteiger partial charge in [-0.25, -0.2) is 0 Å². The molecule has 1 unspecified atom stereocenters. The number of nitrogens with one attached hydrogen (secondary N) is 2. The van der Waals surface area contributed by atoms with Crippen LogP contribution in [0.4, 0.5) is 11.9 Å². The Kier molecular flexibility index (Phi) is 12.6. The lowest BCUT2D eigenvalue weighted by Crippen LogP contribution is -2.27. The third-order valence-corrected chi connectivity index (χ3v) is 5.57. The van der Waals surface area contributed by atoms with E-state index < -0.39 is 0 Å². The zero-order valence-electron chi connectivity index (χ0n) is 21.2. The molecular formula is C25H41ClN6O3. The van der Waals surface area contributed by atoms with Gasteiger partial charge in [-0.05, 0) is 30.2 Å². The molecule has 1 fully saturated rings. The Balaban J connectivity index is 0.00000432. The molecular weight excluding hydrogens is 468 g/mol. The minimum absolute atomic E-state index is 0. The third kappa shape index (κ3) is 10.2. The highest BCUT2D eigenvalue weighted by Gasteiger charge is 2.16. The van der Waals surface area contributed by atoms with Crippen molar-refractivity contribution in [1.29, 1.82) is 0 Å². The van der Waals surface area contributed by atoms with Gasteiger partial charge >= 0.3 is 0 Å². The topological polar surface area (TPSA) is 116 Å². The number of hydrogen-bond acceptors (Lipinski definition) is 9. The first-order chi connectivity index (χ1) is 16.5. The second kappa shape index (κ2) is 15.2. The molecule has 0 spiro atoms. The van der Waals surface area contributed by atoms with Gasteiger partial charge in [0, 0.05) is 31.8 Å². The van der Waals surface area contributed by atoms with Gasteiger partial charge in [-0.1, -0.05) is 45.0 Å². The molecule has 0 radical (unpaired) electrons. The van der Waals surface area contributed by atoms with Gasteiger partial charge in [-0.15, -0.1) is 12.4 Å². The number of halogens is 1. The maximum atomic E-state index is 5.83. The quantitative estimate of drug-likeness (QED) is 0.348. The van der Waals surface area contributed by atoms with E-state index in [2.05, 4.69) is 70.6 Å². The van der Waals surface area contributed by atoms with Crippen molar-refractivity contribution in [3.63, 3.8) is 0 Å². The van der Waals surface area contributed by atoms with E-state index in [4.69, 9.17) is 19.9 Å². The van der Waals surface area contributed by atoms with Crippen LogP contribution >= 0.6 is 12.4 Å².